The maximum Gasteiger partial charge on any atom is 0.264 e. The third kappa shape index (κ3) is 4.71. The fourth-order valence-electron chi connectivity index (χ4n) is 2.73. The molecule has 1 aromatic rings. The third-order valence-electron chi connectivity index (χ3n) is 4.22. The summed E-state index contributed by atoms with van der Waals surface area (Å²) in [5, 5.41) is 7.00. The van der Waals surface area contributed by atoms with Gasteiger partial charge in [0.05, 0.1) is 12.8 Å². The van der Waals surface area contributed by atoms with E-state index < -0.39 is 6.10 Å². The summed E-state index contributed by atoms with van der Waals surface area (Å²) in [5.41, 5.74) is 1.62. The molecule has 1 aliphatic rings. The number of rotatable bonds is 9. The van der Waals surface area contributed by atoms with Crippen molar-refractivity contribution in [2.24, 2.45) is 5.16 Å². The van der Waals surface area contributed by atoms with Crippen molar-refractivity contribution >= 4 is 11.6 Å². The van der Waals surface area contributed by atoms with E-state index in [1.807, 2.05) is 24.3 Å². The van der Waals surface area contributed by atoms with Gasteiger partial charge in [-0.3, -0.25) is 4.79 Å². The molecule has 1 amide bonds. The Hall–Kier alpha value is -2.08. The zero-order chi connectivity index (χ0) is 17.4. The Kier molecular flexibility index (Phi) is 7.06. The minimum absolute atomic E-state index is 0.108. The molecule has 0 spiro atoms. The van der Waals surface area contributed by atoms with Crippen molar-refractivity contribution in [2.75, 3.05) is 33.3 Å². The first-order valence-corrected chi connectivity index (χ1v) is 8.55. The average molecular weight is 333 g/mol. The number of hydrogen-bond donors (Lipinski definition) is 1. The summed E-state index contributed by atoms with van der Waals surface area (Å²) < 4.78 is 5.33. The maximum absolute atomic E-state index is 12.2. The molecule has 1 aliphatic heterocycles. The second-order valence-corrected chi connectivity index (χ2v) is 5.71. The highest BCUT2D eigenvalue weighted by molar-refractivity contribution is 6.05. The van der Waals surface area contributed by atoms with E-state index in [0.29, 0.717) is 13.0 Å². The summed E-state index contributed by atoms with van der Waals surface area (Å²) >= 11 is 0. The zero-order valence-electron chi connectivity index (χ0n) is 14.7. The molecule has 24 heavy (non-hydrogen) atoms. The molecule has 6 nitrogen and oxygen atoms in total. The molecule has 0 aromatic heterocycles. The van der Waals surface area contributed by atoms with Crippen molar-refractivity contribution in [3.63, 3.8) is 0 Å². The van der Waals surface area contributed by atoms with Gasteiger partial charge in [-0.2, -0.15) is 0 Å². The first-order valence-electron chi connectivity index (χ1n) is 8.55. The normalized spacial score (nSPS) is 16.7. The van der Waals surface area contributed by atoms with Gasteiger partial charge >= 0.3 is 0 Å². The Balaban J connectivity index is 1.79. The molecule has 0 bridgehead atoms. The van der Waals surface area contributed by atoms with Crippen LogP contribution in [0, 0.1) is 0 Å². The SMILES string of the molecule is CCN(CC)CCCNC(=O)[C@@H]1CC(c2ccccc2OC)=NO1. The number of carbonyl (C=O) groups excluding carboxylic acids is 1. The van der Waals surface area contributed by atoms with Gasteiger partial charge in [-0.25, -0.2) is 0 Å². The van der Waals surface area contributed by atoms with Crippen LogP contribution in [0.15, 0.2) is 29.4 Å². The maximum atomic E-state index is 12.2. The zero-order valence-corrected chi connectivity index (χ0v) is 14.7. The van der Waals surface area contributed by atoms with E-state index >= 15 is 0 Å². The summed E-state index contributed by atoms with van der Waals surface area (Å²) in [4.78, 5) is 19.9. The van der Waals surface area contributed by atoms with Gasteiger partial charge in [-0.1, -0.05) is 31.1 Å². The van der Waals surface area contributed by atoms with Crippen LogP contribution in [-0.4, -0.2) is 55.9 Å². The Morgan fingerprint density at radius 2 is 2.12 bits per heavy atom. The lowest BCUT2D eigenvalue weighted by Gasteiger charge is -2.18. The number of nitrogens with one attached hydrogen (secondary N) is 1. The van der Waals surface area contributed by atoms with E-state index in [4.69, 9.17) is 9.57 Å². The van der Waals surface area contributed by atoms with Gasteiger partial charge in [0.1, 0.15) is 5.75 Å². The first kappa shape index (κ1) is 18.3. The quantitative estimate of drug-likeness (QED) is 0.703. The minimum atomic E-state index is -0.557. The van der Waals surface area contributed by atoms with Crippen LogP contribution in [0.1, 0.15) is 32.3 Å². The molecule has 1 atom stereocenters. The fraction of sp³-hybridized carbons (Fsp3) is 0.556. The van der Waals surface area contributed by atoms with E-state index in [-0.39, 0.29) is 5.91 Å². The second kappa shape index (κ2) is 9.27. The summed E-state index contributed by atoms with van der Waals surface area (Å²) in [6.07, 6.45) is 0.834. The first-order chi connectivity index (χ1) is 11.7. The van der Waals surface area contributed by atoms with Crippen LogP contribution in [0.3, 0.4) is 0 Å². The summed E-state index contributed by atoms with van der Waals surface area (Å²) in [6, 6.07) is 7.61. The van der Waals surface area contributed by atoms with E-state index in [2.05, 4.69) is 29.2 Å². The van der Waals surface area contributed by atoms with Gasteiger partial charge in [0.2, 0.25) is 6.10 Å². The Morgan fingerprint density at radius 1 is 1.38 bits per heavy atom. The molecule has 1 heterocycles. The molecule has 2 rings (SSSR count). The monoisotopic (exact) mass is 333 g/mol. The fourth-order valence-corrected chi connectivity index (χ4v) is 2.73. The van der Waals surface area contributed by atoms with Crippen molar-refractivity contribution in [2.45, 2.75) is 32.8 Å². The number of carbonyl (C=O) groups is 1. The van der Waals surface area contributed by atoms with Crippen LogP contribution in [0.5, 0.6) is 5.75 Å². The van der Waals surface area contributed by atoms with E-state index in [1.165, 1.54) is 0 Å². The molecule has 0 unspecified atom stereocenters. The number of oxime groups is 1. The smallest absolute Gasteiger partial charge is 0.264 e. The predicted octanol–water partition coefficient (Wildman–Crippen LogP) is 2.04. The summed E-state index contributed by atoms with van der Waals surface area (Å²) in [7, 11) is 1.62. The lowest BCUT2D eigenvalue weighted by atomic mass is 10.0. The van der Waals surface area contributed by atoms with Crippen LogP contribution >= 0.6 is 0 Å². The second-order valence-electron chi connectivity index (χ2n) is 5.71. The number of methoxy groups -OCH3 is 1. The molecule has 1 aromatic carbocycles. The molecule has 1 N–H and O–H groups in total. The Morgan fingerprint density at radius 3 is 2.83 bits per heavy atom. The number of amides is 1. The molecule has 6 heteroatoms. The van der Waals surface area contributed by atoms with Gasteiger partial charge in [0, 0.05) is 18.5 Å². The largest absolute Gasteiger partial charge is 0.496 e. The number of benzene rings is 1. The molecular weight excluding hydrogens is 306 g/mol. The topological polar surface area (TPSA) is 63.2 Å². The molecule has 0 aliphatic carbocycles. The van der Waals surface area contributed by atoms with Crippen molar-refractivity contribution in [1.29, 1.82) is 0 Å². The Labute approximate surface area is 143 Å². The molecule has 0 saturated heterocycles. The van der Waals surface area contributed by atoms with Crippen LogP contribution in [-0.2, 0) is 9.63 Å². The number of hydrogen-bond acceptors (Lipinski definition) is 5. The molecule has 0 radical (unpaired) electrons. The van der Waals surface area contributed by atoms with E-state index in [9.17, 15) is 4.79 Å². The highest BCUT2D eigenvalue weighted by Crippen LogP contribution is 2.24. The minimum Gasteiger partial charge on any atom is -0.496 e. The highest BCUT2D eigenvalue weighted by Gasteiger charge is 2.29. The van der Waals surface area contributed by atoms with Gasteiger partial charge in [-0.05, 0) is 38.2 Å². The third-order valence-corrected chi connectivity index (χ3v) is 4.22. The standard InChI is InChI=1S/C18H27N3O3/c1-4-21(5-2)12-8-11-19-18(22)17-13-15(20-24-17)14-9-6-7-10-16(14)23-3/h6-7,9-10,17H,4-5,8,11-13H2,1-3H3,(H,19,22)/t17-/m0/s1. The predicted molar refractivity (Wildman–Crippen MR) is 94.4 cm³/mol. The van der Waals surface area contributed by atoms with Crippen LogP contribution in [0.25, 0.3) is 0 Å². The van der Waals surface area contributed by atoms with Crippen LogP contribution < -0.4 is 10.1 Å². The lowest BCUT2D eigenvalue weighted by Crippen LogP contribution is -2.36. The van der Waals surface area contributed by atoms with Crippen LogP contribution in [0.2, 0.25) is 0 Å². The van der Waals surface area contributed by atoms with Crippen molar-refractivity contribution < 1.29 is 14.4 Å². The molecule has 0 fully saturated rings. The molecule has 0 saturated carbocycles. The number of para-hydroxylation sites is 1. The average Bonchev–Trinajstić information content (AvgIpc) is 3.11. The summed E-state index contributed by atoms with van der Waals surface area (Å²) in [5.74, 6) is 0.628. The molecule has 132 valence electrons. The van der Waals surface area contributed by atoms with Gasteiger partial charge in [0.25, 0.3) is 5.91 Å². The lowest BCUT2D eigenvalue weighted by molar-refractivity contribution is -0.131. The van der Waals surface area contributed by atoms with Gasteiger partial charge in [0.15, 0.2) is 0 Å². The molecular formula is C18H27N3O3. The van der Waals surface area contributed by atoms with E-state index in [0.717, 1.165) is 43.1 Å². The van der Waals surface area contributed by atoms with Crippen LogP contribution in [0.4, 0.5) is 0 Å². The highest BCUT2D eigenvalue weighted by atomic mass is 16.6. The van der Waals surface area contributed by atoms with E-state index in [1.54, 1.807) is 7.11 Å². The summed E-state index contributed by atoms with van der Waals surface area (Å²) in [6.45, 7) is 8.00. The van der Waals surface area contributed by atoms with Crippen molar-refractivity contribution in [3.8, 4) is 5.75 Å². The Bertz CT molecular complexity index is 570. The van der Waals surface area contributed by atoms with Crippen molar-refractivity contribution in [3.05, 3.63) is 29.8 Å². The van der Waals surface area contributed by atoms with Crippen molar-refractivity contribution in [1.82, 2.24) is 10.2 Å². The number of ether oxygens (including phenoxy) is 1. The van der Waals surface area contributed by atoms with Gasteiger partial charge in [-0.15, -0.1) is 0 Å². The van der Waals surface area contributed by atoms with Gasteiger partial charge < -0.3 is 19.8 Å². The number of nitrogens with zero attached hydrogens (tertiary/aromatic N) is 2.